The minimum atomic E-state index is 0. The summed E-state index contributed by atoms with van der Waals surface area (Å²) in [5.74, 6) is 1.48. The Morgan fingerprint density at radius 2 is 1.67 bits per heavy atom. The van der Waals surface area contributed by atoms with Crippen LogP contribution in [0.25, 0.3) is 6.08 Å². The standard InChI is InChI=1S/C19H18ClNO2.ClH/c1-22-18-11-14-9-10-21-17(16(14)12-19(18)23-2)8-5-13-3-6-15(20)7-4-13;/h3-8,11-12H,9-10H2,1-2H3;1H. The Hall–Kier alpha value is -1.97. The number of benzene rings is 2. The van der Waals surface area contributed by atoms with Gasteiger partial charge >= 0.3 is 0 Å². The van der Waals surface area contributed by atoms with Crippen LogP contribution < -0.4 is 9.47 Å². The van der Waals surface area contributed by atoms with Crippen molar-refractivity contribution in [3.8, 4) is 11.5 Å². The van der Waals surface area contributed by atoms with Crippen LogP contribution in [-0.2, 0) is 6.42 Å². The Bertz CT molecular complexity index is 768. The van der Waals surface area contributed by atoms with Gasteiger partial charge in [0.1, 0.15) is 0 Å². The van der Waals surface area contributed by atoms with E-state index in [0.29, 0.717) is 0 Å². The Balaban J connectivity index is 0.00000208. The number of methoxy groups -OCH3 is 2. The molecule has 0 fully saturated rings. The third-order valence-electron chi connectivity index (χ3n) is 3.85. The summed E-state index contributed by atoms with van der Waals surface area (Å²) in [6.07, 6.45) is 4.99. The topological polar surface area (TPSA) is 30.8 Å². The summed E-state index contributed by atoms with van der Waals surface area (Å²) in [6, 6.07) is 11.8. The second kappa shape index (κ2) is 8.22. The summed E-state index contributed by atoms with van der Waals surface area (Å²) in [4.78, 5) is 4.64. The molecule has 1 aliphatic rings. The van der Waals surface area contributed by atoms with Crippen LogP contribution in [0.4, 0.5) is 0 Å². The average Bonchev–Trinajstić information content (AvgIpc) is 2.60. The van der Waals surface area contributed by atoms with Crippen LogP contribution in [0.15, 0.2) is 47.5 Å². The van der Waals surface area contributed by atoms with Crippen molar-refractivity contribution in [2.75, 3.05) is 20.8 Å². The number of aliphatic imine (C=N–C) groups is 1. The second-order valence-electron chi connectivity index (χ2n) is 5.27. The first-order chi connectivity index (χ1) is 11.2. The van der Waals surface area contributed by atoms with E-state index in [4.69, 9.17) is 21.1 Å². The molecule has 3 rings (SSSR count). The van der Waals surface area contributed by atoms with Crippen LogP contribution in [0.5, 0.6) is 11.5 Å². The molecule has 24 heavy (non-hydrogen) atoms. The number of fused-ring (bicyclic) bond motifs is 1. The van der Waals surface area contributed by atoms with Crippen molar-refractivity contribution in [2.24, 2.45) is 4.99 Å². The molecule has 3 nitrogen and oxygen atoms in total. The van der Waals surface area contributed by atoms with Gasteiger partial charge in [-0.05, 0) is 47.9 Å². The van der Waals surface area contributed by atoms with Crippen molar-refractivity contribution in [1.82, 2.24) is 0 Å². The first kappa shape index (κ1) is 18.4. The lowest BCUT2D eigenvalue weighted by molar-refractivity contribution is 0.354. The van der Waals surface area contributed by atoms with Crippen molar-refractivity contribution in [3.63, 3.8) is 0 Å². The highest BCUT2D eigenvalue weighted by atomic mass is 35.5. The van der Waals surface area contributed by atoms with E-state index in [1.807, 2.05) is 48.6 Å². The maximum atomic E-state index is 5.92. The van der Waals surface area contributed by atoms with E-state index >= 15 is 0 Å². The molecule has 0 N–H and O–H groups in total. The van der Waals surface area contributed by atoms with Gasteiger partial charge in [0, 0.05) is 17.1 Å². The Morgan fingerprint density at radius 3 is 2.33 bits per heavy atom. The molecule has 2 aromatic rings. The molecular weight excluding hydrogens is 345 g/mol. The quantitative estimate of drug-likeness (QED) is 0.778. The molecule has 0 bridgehead atoms. The van der Waals surface area contributed by atoms with Gasteiger partial charge in [0.15, 0.2) is 11.5 Å². The maximum Gasteiger partial charge on any atom is 0.161 e. The fraction of sp³-hybridized carbons (Fsp3) is 0.211. The number of halogens is 2. The minimum Gasteiger partial charge on any atom is -0.493 e. The first-order valence-corrected chi connectivity index (χ1v) is 7.82. The number of hydrogen-bond donors (Lipinski definition) is 0. The fourth-order valence-corrected chi connectivity index (χ4v) is 2.77. The van der Waals surface area contributed by atoms with Crippen molar-refractivity contribution in [1.29, 1.82) is 0 Å². The number of nitrogens with zero attached hydrogens (tertiary/aromatic N) is 1. The lowest BCUT2D eigenvalue weighted by atomic mass is 9.96. The zero-order valence-corrected chi connectivity index (χ0v) is 15.2. The molecule has 1 aliphatic heterocycles. The zero-order chi connectivity index (χ0) is 16.2. The maximum absolute atomic E-state index is 5.92. The van der Waals surface area contributed by atoms with Gasteiger partial charge in [-0.2, -0.15) is 0 Å². The average molecular weight is 364 g/mol. The first-order valence-electron chi connectivity index (χ1n) is 7.44. The largest absolute Gasteiger partial charge is 0.493 e. The molecule has 1 heterocycles. The van der Waals surface area contributed by atoms with E-state index in [2.05, 4.69) is 4.99 Å². The smallest absolute Gasteiger partial charge is 0.161 e. The summed E-state index contributed by atoms with van der Waals surface area (Å²) < 4.78 is 10.8. The van der Waals surface area contributed by atoms with Gasteiger partial charge in [0.05, 0.1) is 19.9 Å². The summed E-state index contributed by atoms with van der Waals surface area (Å²) in [5, 5.41) is 0.735. The third-order valence-corrected chi connectivity index (χ3v) is 4.10. The van der Waals surface area contributed by atoms with Gasteiger partial charge in [-0.15, -0.1) is 12.4 Å². The lowest BCUT2D eigenvalue weighted by Gasteiger charge is -2.18. The Labute approximate surface area is 153 Å². The number of allylic oxidation sites excluding steroid dienone is 1. The van der Waals surface area contributed by atoms with E-state index in [1.165, 1.54) is 5.56 Å². The van der Waals surface area contributed by atoms with Gasteiger partial charge in [-0.3, -0.25) is 4.99 Å². The molecule has 0 atom stereocenters. The predicted molar refractivity (Wildman–Crippen MR) is 102 cm³/mol. The zero-order valence-electron chi connectivity index (χ0n) is 13.6. The summed E-state index contributed by atoms with van der Waals surface area (Å²) in [5.41, 5.74) is 4.37. The number of hydrogen-bond acceptors (Lipinski definition) is 3. The van der Waals surface area contributed by atoms with Crippen LogP contribution in [0, 0.1) is 0 Å². The molecule has 2 aromatic carbocycles. The minimum absolute atomic E-state index is 0. The molecule has 0 aromatic heterocycles. The highest BCUT2D eigenvalue weighted by Crippen LogP contribution is 2.32. The fourth-order valence-electron chi connectivity index (χ4n) is 2.64. The van der Waals surface area contributed by atoms with Crippen LogP contribution in [0.1, 0.15) is 16.7 Å². The van der Waals surface area contributed by atoms with E-state index in [0.717, 1.165) is 46.3 Å². The normalized spacial score (nSPS) is 13.0. The molecule has 0 spiro atoms. The lowest BCUT2D eigenvalue weighted by Crippen LogP contribution is -2.11. The SMILES string of the molecule is COc1cc2c(cc1OC)C(C=Cc1ccc(Cl)cc1)=NCC2.Cl. The van der Waals surface area contributed by atoms with Crippen molar-refractivity contribution in [3.05, 3.63) is 64.2 Å². The third kappa shape index (κ3) is 3.92. The highest BCUT2D eigenvalue weighted by molar-refractivity contribution is 6.30. The van der Waals surface area contributed by atoms with Crippen molar-refractivity contribution < 1.29 is 9.47 Å². The van der Waals surface area contributed by atoms with Gasteiger partial charge in [-0.1, -0.05) is 29.8 Å². The van der Waals surface area contributed by atoms with E-state index < -0.39 is 0 Å². The van der Waals surface area contributed by atoms with Gasteiger partial charge in [-0.25, -0.2) is 0 Å². The molecule has 126 valence electrons. The predicted octanol–water partition coefficient (Wildman–Crippen LogP) is 4.84. The van der Waals surface area contributed by atoms with Crippen molar-refractivity contribution in [2.45, 2.75) is 6.42 Å². The van der Waals surface area contributed by atoms with Crippen LogP contribution >= 0.6 is 24.0 Å². The summed E-state index contributed by atoms with van der Waals surface area (Å²) in [7, 11) is 3.30. The molecule has 0 unspecified atom stereocenters. The van der Waals surface area contributed by atoms with Crippen LogP contribution in [0.2, 0.25) is 5.02 Å². The monoisotopic (exact) mass is 363 g/mol. The number of rotatable bonds is 4. The van der Waals surface area contributed by atoms with Gasteiger partial charge in [0.2, 0.25) is 0 Å². The van der Waals surface area contributed by atoms with Gasteiger partial charge < -0.3 is 9.47 Å². The molecule has 0 amide bonds. The molecule has 5 heteroatoms. The summed E-state index contributed by atoms with van der Waals surface area (Å²) in [6.45, 7) is 0.781. The molecule has 0 radical (unpaired) electrons. The molecule has 0 saturated heterocycles. The van der Waals surface area contributed by atoms with E-state index in [-0.39, 0.29) is 12.4 Å². The molecular formula is C19H19Cl2NO2. The Morgan fingerprint density at radius 1 is 1.00 bits per heavy atom. The van der Waals surface area contributed by atoms with Gasteiger partial charge in [0.25, 0.3) is 0 Å². The van der Waals surface area contributed by atoms with E-state index in [9.17, 15) is 0 Å². The number of ether oxygens (including phenoxy) is 2. The molecule has 0 aliphatic carbocycles. The molecule has 0 saturated carbocycles. The summed E-state index contributed by atoms with van der Waals surface area (Å²) >= 11 is 5.92. The van der Waals surface area contributed by atoms with E-state index in [1.54, 1.807) is 14.2 Å². The van der Waals surface area contributed by atoms with Crippen LogP contribution in [-0.4, -0.2) is 26.5 Å². The second-order valence-corrected chi connectivity index (χ2v) is 5.70. The highest BCUT2D eigenvalue weighted by Gasteiger charge is 2.16. The van der Waals surface area contributed by atoms with Crippen LogP contribution in [0.3, 0.4) is 0 Å². The van der Waals surface area contributed by atoms with Crippen molar-refractivity contribution >= 4 is 35.8 Å². The Kier molecular flexibility index (Phi) is 6.29.